The molecule has 0 unspecified atom stereocenters. The molecule has 2 aliphatic heterocycles. The van der Waals surface area contributed by atoms with Crippen molar-refractivity contribution < 1.29 is 0 Å². The molecular formula is C62H48BN3S2. The second-order valence-corrected chi connectivity index (χ2v) is 22.0. The van der Waals surface area contributed by atoms with E-state index in [-0.39, 0.29) is 12.1 Å². The number of hydrogen-bond donors (Lipinski definition) is 0. The van der Waals surface area contributed by atoms with Crippen molar-refractivity contribution in [3.05, 3.63) is 193 Å². The van der Waals surface area contributed by atoms with Gasteiger partial charge in [0.15, 0.2) is 0 Å². The summed E-state index contributed by atoms with van der Waals surface area (Å²) in [5.74, 6) is 0. The van der Waals surface area contributed by atoms with E-state index in [4.69, 9.17) is 0 Å². The van der Waals surface area contributed by atoms with Crippen molar-refractivity contribution in [2.45, 2.75) is 62.2 Å². The first kappa shape index (κ1) is 40.1. The molecule has 0 saturated heterocycles. The van der Waals surface area contributed by atoms with E-state index < -0.39 is 0 Å². The van der Waals surface area contributed by atoms with Crippen molar-refractivity contribution in [2.75, 3.05) is 4.90 Å². The minimum Gasteiger partial charge on any atom is -0.310 e. The number of unbranched alkanes of at least 4 members (excludes halogenated alkanes) is 1. The molecule has 0 aliphatic carbocycles. The molecule has 0 spiro atoms. The van der Waals surface area contributed by atoms with Gasteiger partial charge in [0.1, 0.15) is 0 Å². The monoisotopic (exact) mass is 909 g/mol. The van der Waals surface area contributed by atoms with Gasteiger partial charge in [0.25, 0.3) is 0 Å². The maximum absolute atomic E-state index is 2.74. The minimum atomic E-state index is -0.0877. The number of fused-ring (bicyclic) bond motifs is 13. The number of nitrogens with zero attached hydrogens (tertiary/aromatic N) is 3. The Hall–Kier alpha value is -6.99. The average molecular weight is 910 g/mol. The number of aromatic nitrogens is 2. The summed E-state index contributed by atoms with van der Waals surface area (Å²) < 4.78 is 7.63. The first-order valence-electron chi connectivity index (χ1n) is 24.2. The number of aryl methyl sites for hydroxylation is 1. The molecule has 9 aromatic carbocycles. The van der Waals surface area contributed by atoms with Crippen LogP contribution in [0.5, 0.6) is 0 Å². The van der Waals surface area contributed by atoms with E-state index >= 15 is 0 Å². The Morgan fingerprint density at radius 2 is 1.06 bits per heavy atom. The third kappa shape index (κ3) is 5.80. The topological polar surface area (TPSA) is 13.1 Å². The van der Waals surface area contributed by atoms with Gasteiger partial charge in [-0.3, -0.25) is 0 Å². The van der Waals surface area contributed by atoms with Crippen molar-refractivity contribution >= 4 is 127 Å². The molecule has 326 valence electrons. The Morgan fingerprint density at radius 3 is 1.66 bits per heavy atom. The van der Waals surface area contributed by atoms with Crippen LogP contribution in [0.2, 0.25) is 0 Å². The molecule has 3 nitrogen and oxygen atoms in total. The highest BCUT2D eigenvalue weighted by Gasteiger charge is 2.43. The fourth-order valence-electron chi connectivity index (χ4n) is 11.7. The van der Waals surface area contributed by atoms with Crippen LogP contribution in [-0.4, -0.2) is 15.8 Å². The highest BCUT2D eigenvalue weighted by atomic mass is 32.2. The lowest BCUT2D eigenvalue weighted by Gasteiger charge is -2.42. The number of benzene rings is 9. The summed E-state index contributed by atoms with van der Waals surface area (Å²) in [6.45, 7) is 9.49. The highest BCUT2D eigenvalue weighted by Crippen LogP contribution is 2.51. The number of rotatable bonds is 6. The van der Waals surface area contributed by atoms with Gasteiger partial charge in [-0.2, -0.15) is 0 Å². The lowest BCUT2D eigenvalue weighted by Crippen LogP contribution is -2.60. The van der Waals surface area contributed by atoms with E-state index in [0.29, 0.717) is 0 Å². The summed E-state index contributed by atoms with van der Waals surface area (Å²) >= 11 is 3.88. The second-order valence-electron chi connectivity index (χ2n) is 19.9. The Morgan fingerprint density at radius 1 is 0.500 bits per heavy atom. The van der Waals surface area contributed by atoms with E-state index in [1.165, 1.54) is 130 Å². The largest absolute Gasteiger partial charge is 0.310 e. The van der Waals surface area contributed by atoms with Gasteiger partial charge in [0, 0.05) is 74.3 Å². The van der Waals surface area contributed by atoms with Crippen LogP contribution in [0, 0.1) is 0 Å². The molecule has 0 fully saturated rings. The van der Waals surface area contributed by atoms with E-state index in [9.17, 15) is 0 Å². The molecule has 14 rings (SSSR count). The van der Waals surface area contributed by atoms with Crippen molar-refractivity contribution in [3.8, 4) is 11.4 Å². The van der Waals surface area contributed by atoms with E-state index in [2.05, 4.69) is 224 Å². The standard InChI is InChI=1S/C62H48BN3S2/c1-5-6-17-38-28-33-56-59(46-22-11-16-27-55(46)67-56)61(38)66-53-36-40(64-49-23-12-7-18-42(49)43-19-8-13-24-50(43)64)29-31-47(53)63-48-32-30-41(65-51-25-14-9-20-44(51)45-21-10-15-26-52(45)65)37-57(48)68-58-35-39(62(2,3)4)34-54(66)60(58)63/h7-16,18-37H,5-6,17H2,1-4H3. The summed E-state index contributed by atoms with van der Waals surface area (Å²) in [5, 5.41) is 7.81. The first-order valence-corrected chi connectivity index (χ1v) is 25.8. The summed E-state index contributed by atoms with van der Waals surface area (Å²) in [5.41, 5.74) is 18.0. The van der Waals surface area contributed by atoms with Crippen molar-refractivity contribution in [1.82, 2.24) is 9.13 Å². The van der Waals surface area contributed by atoms with Gasteiger partial charge >= 0.3 is 0 Å². The zero-order valence-corrected chi connectivity index (χ0v) is 40.3. The molecule has 12 aromatic rings. The quantitative estimate of drug-likeness (QED) is 0.154. The molecule has 0 bridgehead atoms. The van der Waals surface area contributed by atoms with Crippen LogP contribution < -0.4 is 21.3 Å². The summed E-state index contributed by atoms with van der Waals surface area (Å²) in [6.07, 6.45) is 3.28. The molecule has 3 aromatic heterocycles. The Labute approximate surface area is 405 Å². The zero-order valence-electron chi connectivity index (χ0n) is 38.7. The lowest BCUT2D eigenvalue weighted by atomic mass is 9.34. The molecule has 0 saturated carbocycles. The Kier molecular flexibility index (Phi) is 8.85. The third-order valence-electron chi connectivity index (χ3n) is 14.9. The molecular weight excluding hydrogens is 862 g/mol. The Balaban J connectivity index is 1.09. The number of thiophene rings is 1. The van der Waals surface area contributed by atoms with Crippen LogP contribution >= 0.6 is 23.1 Å². The fraction of sp³-hybridized carbons (Fsp3) is 0.129. The summed E-state index contributed by atoms with van der Waals surface area (Å²) in [4.78, 5) is 5.41. The third-order valence-corrected chi connectivity index (χ3v) is 17.2. The van der Waals surface area contributed by atoms with Crippen molar-refractivity contribution in [3.63, 3.8) is 0 Å². The molecule has 0 atom stereocenters. The fourth-order valence-corrected chi connectivity index (χ4v) is 14.1. The number of hydrogen-bond acceptors (Lipinski definition) is 3. The van der Waals surface area contributed by atoms with Crippen LogP contribution in [0.25, 0.3) is 75.2 Å². The zero-order chi connectivity index (χ0) is 45.4. The normalized spacial score (nSPS) is 13.4. The lowest BCUT2D eigenvalue weighted by molar-refractivity contribution is 0.589. The average Bonchev–Trinajstić information content (AvgIpc) is 4.03. The maximum atomic E-state index is 2.74. The van der Waals surface area contributed by atoms with Crippen LogP contribution in [0.4, 0.5) is 17.1 Å². The molecule has 0 amide bonds. The smallest absolute Gasteiger partial charge is 0.249 e. The summed E-state index contributed by atoms with van der Waals surface area (Å²) in [7, 11) is 0. The molecule has 5 heterocycles. The van der Waals surface area contributed by atoms with Gasteiger partial charge in [0.2, 0.25) is 6.71 Å². The van der Waals surface area contributed by atoms with Gasteiger partial charge in [-0.05, 0) is 113 Å². The first-order chi connectivity index (χ1) is 33.3. The number of anilines is 3. The maximum Gasteiger partial charge on any atom is 0.249 e. The minimum absolute atomic E-state index is 0.0356. The van der Waals surface area contributed by atoms with Crippen LogP contribution in [0.3, 0.4) is 0 Å². The highest BCUT2D eigenvalue weighted by molar-refractivity contribution is 8.00. The summed E-state index contributed by atoms with van der Waals surface area (Å²) in [6, 6.07) is 69.3. The van der Waals surface area contributed by atoms with E-state index in [1.54, 1.807) is 0 Å². The second kappa shape index (κ2) is 15.0. The molecule has 0 N–H and O–H groups in total. The van der Waals surface area contributed by atoms with E-state index in [1.807, 2.05) is 23.1 Å². The predicted molar refractivity (Wildman–Crippen MR) is 295 cm³/mol. The van der Waals surface area contributed by atoms with E-state index in [0.717, 1.165) is 19.3 Å². The Bertz CT molecular complexity index is 3960. The van der Waals surface area contributed by atoms with Crippen molar-refractivity contribution in [2.24, 2.45) is 0 Å². The molecule has 2 aliphatic rings. The van der Waals surface area contributed by atoms with Gasteiger partial charge in [-0.1, -0.05) is 161 Å². The SMILES string of the molecule is CCCCc1ccc2sc3ccccc3c2c1N1c2cc(-n3c4ccccc4c4ccccc43)ccc2B2c3ccc(-n4c5ccccc5c5ccccc54)cc3Sc3cc(C(C)(C)C)cc1c32. The van der Waals surface area contributed by atoms with Gasteiger partial charge in [-0.15, -0.1) is 11.3 Å². The molecule has 68 heavy (non-hydrogen) atoms. The van der Waals surface area contributed by atoms with Crippen LogP contribution in [0.15, 0.2) is 192 Å². The van der Waals surface area contributed by atoms with Crippen LogP contribution in [-0.2, 0) is 11.8 Å². The molecule has 6 heteroatoms. The molecule has 0 radical (unpaired) electrons. The number of para-hydroxylation sites is 4. The van der Waals surface area contributed by atoms with Crippen molar-refractivity contribution in [1.29, 1.82) is 0 Å². The van der Waals surface area contributed by atoms with Gasteiger partial charge < -0.3 is 14.0 Å². The van der Waals surface area contributed by atoms with Gasteiger partial charge in [0.05, 0.1) is 27.8 Å². The van der Waals surface area contributed by atoms with Crippen LogP contribution in [0.1, 0.15) is 51.7 Å². The predicted octanol–water partition coefficient (Wildman–Crippen LogP) is 15.7. The van der Waals surface area contributed by atoms with Gasteiger partial charge in [-0.25, -0.2) is 0 Å².